The maximum Gasteiger partial charge on any atom is 0.230 e. The van der Waals surface area contributed by atoms with Crippen molar-refractivity contribution >= 4 is 39.2 Å². The van der Waals surface area contributed by atoms with Crippen LogP contribution in [0.25, 0.3) is 10.2 Å². The number of hydrogen-bond donors (Lipinski definition) is 1. The predicted molar refractivity (Wildman–Crippen MR) is 114 cm³/mol. The molecule has 0 radical (unpaired) electrons. The number of methoxy groups -OCH3 is 1. The topological polar surface area (TPSA) is 64.1 Å². The van der Waals surface area contributed by atoms with Gasteiger partial charge in [0.15, 0.2) is 0 Å². The van der Waals surface area contributed by atoms with Gasteiger partial charge in [-0.25, -0.2) is 9.97 Å². The third kappa shape index (κ3) is 4.15. The molecule has 0 saturated heterocycles. The van der Waals surface area contributed by atoms with Crippen molar-refractivity contribution in [1.29, 1.82) is 0 Å². The second-order valence-corrected chi connectivity index (χ2v) is 8.93. The van der Waals surface area contributed by atoms with E-state index in [4.69, 9.17) is 4.74 Å². The van der Waals surface area contributed by atoms with E-state index in [-0.39, 0.29) is 5.91 Å². The maximum atomic E-state index is 12.4. The van der Waals surface area contributed by atoms with Gasteiger partial charge in [-0.1, -0.05) is 23.9 Å². The second-order valence-electron chi connectivity index (χ2n) is 6.88. The summed E-state index contributed by atoms with van der Waals surface area (Å²) in [5, 5.41) is 5.10. The van der Waals surface area contributed by atoms with Gasteiger partial charge in [0, 0.05) is 16.8 Å². The lowest BCUT2D eigenvalue weighted by Gasteiger charge is -2.12. The number of hydrogen-bond acceptors (Lipinski definition) is 6. The Balaban J connectivity index is 1.44. The van der Waals surface area contributed by atoms with Gasteiger partial charge in [-0.3, -0.25) is 4.79 Å². The van der Waals surface area contributed by atoms with E-state index < -0.39 is 0 Å². The number of aromatic nitrogens is 2. The molecule has 2 aromatic heterocycles. The molecule has 3 aromatic rings. The third-order valence-corrected chi connectivity index (χ3v) is 7.02. The molecule has 4 rings (SSSR count). The lowest BCUT2D eigenvalue weighted by atomic mass is 9.97. The highest BCUT2D eigenvalue weighted by Gasteiger charge is 2.21. The first kappa shape index (κ1) is 19.2. The summed E-state index contributed by atoms with van der Waals surface area (Å²) < 4.78 is 5.23. The first-order valence-electron chi connectivity index (χ1n) is 9.45. The van der Waals surface area contributed by atoms with Crippen LogP contribution in [0.3, 0.4) is 0 Å². The first-order chi connectivity index (χ1) is 13.6. The van der Waals surface area contributed by atoms with E-state index >= 15 is 0 Å². The predicted octanol–water partition coefficient (Wildman–Crippen LogP) is 4.30. The van der Waals surface area contributed by atoms with Crippen molar-refractivity contribution < 1.29 is 9.53 Å². The lowest BCUT2D eigenvalue weighted by molar-refractivity contribution is -0.118. The Morgan fingerprint density at radius 1 is 1.29 bits per heavy atom. The summed E-state index contributed by atoms with van der Waals surface area (Å²) in [7, 11) is 1.64. The van der Waals surface area contributed by atoms with E-state index in [1.807, 2.05) is 31.2 Å². The molecule has 0 aliphatic heterocycles. The van der Waals surface area contributed by atoms with E-state index in [0.29, 0.717) is 12.3 Å². The Kier molecular flexibility index (Phi) is 5.82. The average molecular weight is 414 g/mol. The summed E-state index contributed by atoms with van der Waals surface area (Å²) in [4.78, 5) is 24.2. The number of thioether (sulfide) groups is 1. The maximum absolute atomic E-state index is 12.4. The standard InChI is InChI=1S/C21H23N3O2S2/c1-13-23-20(19-16-8-3-4-9-17(16)28-21(19)24-13)27-12-18(25)22-11-14-6-5-7-15(10-14)26-2/h5-7,10H,3-4,8-9,11-12H2,1-2H3,(H,22,25). The molecule has 1 aliphatic rings. The molecule has 1 aliphatic carbocycles. The van der Waals surface area contributed by atoms with E-state index in [1.165, 1.54) is 40.4 Å². The number of nitrogens with one attached hydrogen (secondary N) is 1. The summed E-state index contributed by atoms with van der Waals surface area (Å²) in [5.74, 6) is 1.91. The SMILES string of the molecule is COc1cccc(CNC(=O)CSc2nc(C)nc3sc4c(c23)CCCC4)c1. The minimum atomic E-state index is 0.00123. The van der Waals surface area contributed by atoms with E-state index in [2.05, 4.69) is 15.3 Å². The number of aryl methyl sites for hydroxylation is 3. The number of ether oxygens (including phenoxy) is 1. The van der Waals surface area contributed by atoms with Crippen molar-refractivity contribution in [1.82, 2.24) is 15.3 Å². The van der Waals surface area contributed by atoms with Gasteiger partial charge in [-0.05, 0) is 55.9 Å². The molecule has 0 saturated carbocycles. The molecule has 146 valence electrons. The summed E-state index contributed by atoms with van der Waals surface area (Å²) in [6.45, 7) is 2.41. The molecule has 0 fully saturated rings. The van der Waals surface area contributed by atoms with E-state index in [9.17, 15) is 4.79 Å². The Hall–Kier alpha value is -2.12. The van der Waals surface area contributed by atoms with Crippen LogP contribution in [-0.4, -0.2) is 28.7 Å². The molecular weight excluding hydrogens is 390 g/mol. The first-order valence-corrected chi connectivity index (χ1v) is 11.3. The molecule has 2 heterocycles. The Bertz CT molecular complexity index is 1020. The van der Waals surface area contributed by atoms with Crippen molar-refractivity contribution in [2.45, 2.75) is 44.2 Å². The monoisotopic (exact) mass is 413 g/mol. The average Bonchev–Trinajstić information content (AvgIpc) is 3.08. The van der Waals surface area contributed by atoms with Crippen molar-refractivity contribution in [3.63, 3.8) is 0 Å². The van der Waals surface area contributed by atoms with Gasteiger partial charge in [0.1, 0.15) is 21.4 Å². The normalized spacial score (nSPS) is 13.4. The van der Waals surface area contributed by atoms with Gasteiger partial charge in [-0.2, -0.15) is 0 Å². The Morgan fingerprint density at radius 2 is 2.14 bits per heavy atom. The largest absolute Gasteiger partial charge is 0.497 e. The van der Waals surface area contributed by atoms with Crippen LogP contribution in [0.4, 0.5) is 0 Å². The van der Waals surface area contributed by atoms with Crippen molar-refractivity contribution in [3.05, 3.63) is 46.1 Å². The van der Waals surface area contributed by atoms with Gasteiger partial charge in [0.2, 0.25) is 5.91 Å². The number of amides is 1. The van der Waals surface area contributed by atoms with Gasteiger partial charge in [0.25, 0.3) is 0 Å². The second kappa shape index (κ2) is 8.49. The molecule has 1 amide bonds. The summed E-state index contributed by atoms with van der Waals surface area (Å²) in [6.07, 6.45) is 4.71. The molecule has 28 heavy (non-hydrogen) atoms. The Labute approximate surface area is 172 Å². The number of benzene rings is 1. The highest BCUT2D eigenvalue weighted by atomic mass is 32.2. The molecule has 7 heteroatoms. The quantitative estimate of drug-likeness (QED) is 0.482. The molecule has 0 bridgehead atoms. The van der Waals surface area contributed by atoms with Crippen molar-refractivity contribution in [3.8, 4) is 5.75 Å². The van der Waals surface area contributed by atoms with Crippen LogP contribution in [0, 0.1) is 6.92 Å². The van der Waals surface area contributed by atoms with Crippen LogP contribution in [0.5, 0.6) is 5.75 Å². The van der Waals surface area contributed by atoms with Gasteiger partial charge in [0.05, 0.1) is 12.9 Å². The zero-order valence-electron chi connectivity index (χ0n) is 16.1. The molecule has 5 nitrogen and oxygen atoms in total. The minimum Gasteiger partial charge on any atom is -0.497 e. The molecular formula is C21H23N3O2S2. The van der Waals surface area contributed by atoms with Crippen molar-refractivity contribution in [2.75, 3.05) is 12.9 Å². The lowest BCUT2D eigenvalue weighted by Crippen LogP contribution is -2.24. The zero-order valence-corrected chi connectivity index (χ0v) is 17.7. The van der Waals surface area contributed by atoms with Crippen molar-refractivity contribution in [2.24, 2.45) is 0 Å². The fourth-order valence-electron chi connectivity index (χ4n) is 3.50. The summed E-state index contributed by atoms with van der Waals surface area (Å²) in [6, 6.07) is 7.73. The molecule has 0 atom stereocenters. The zero-order chi connectivity index (χ0) is 19.5. The molecule has 0 unspecified atom stereocenters. The van der Waals surface area contributed by atoms with Crippen LogP contribution in [-0.2, 0) is 24.2 Å². The van der Waals surface area contributed by atoms with Crippen LogP contribution in [0.1, 0.15) is 34.7 Å². The van der Waals surface area contributed by atoms with E-state index in [1.54, 1.807) is 18.4 Å². The minimum absolute atomic E-state index is 0.00123. The summed E-state index contributed by atoms with van der Waals surface area (Å²) >= 11 is 3.31. The molecule has 1 N–H and O–H groups in total. The fraction of sp³-hybridized carbons (Fsp3) is 0.381. The number of thiophene rings is 1. The van der Waals surface area contributed by atoms with Gasteiger partial charge in [-0.15, -0.1) is 11.3 Å². The number of fused-ring (bicyclic) bond motifs is 3. The van der Waals surface area contributed by atoms with E-state index in [0.717, 1.165) is 39.8 Å². The number of carbonyl (C=O) groups is 1. The Morgan fingerprint density at radius 3 is 3.00 bits per heavy atom. The van der Waals surface area contributed by atoms with Crippen LogP contribution < -0.4 is 10.1 Å². The number of nitrogens with zero attached hydrogens (tertiary/aromatic N) is 2. The fourth-order valence-corrected chi connectivity index (χ4v) is 5.80. The van der Waals surface area contributed by atoms with Gasteiger partial charge < -0.3 is 10.1 Å². The summed E-state index contributed by atoms with van der Waals surface area (Å²) in [5.41, 5.74) is 2.43. The molecule has 1 aromatic carbocycles. The molecule has 0 spiro atoms. The highest BCUT2D eigenvalue weighted by Crippen LogP contribution is 2.39. The third-order valence-electron chi connectivity index (χ3n) is 4.86. The van der Waals surface area contributed by atoms with Crippen LogP contribution >= 0.6 is 23.1 Å². The van der Waals surface area contributed by atoms with Crippen LogP contribution in [0.2, 0.25) is 0 Å². The number of rotatable bonds is 6. The van der Waals surface area contributed by atoms with Crippen LogP contribution in [0.15, 0.2) is 29.3 Å². The smallest absolute Gasteiger partial charge is 0.230 e. The number of carbonyl (C=O) groups excluding carboxylic acids is 1. The van der Waals surface area contributed by atoms with Gasteiger partial charge >= 0.3 is 0 Å². The highest BCUT2D eigenvalue weighted by molar-refractivity contribution is 8.00.